The smallest absolute Gasteiger partial charge is 0.408 e. The molecule has 1 saturated carbocycles. The number of carboxylic acid groups (broad SMARTS) is 1. The van der Waals surface area contributed by atoms with Gasteiger partial charge < -0.3 is 14.4 Å². The van der Waals surface area contributed by atoms with E-state index in [2.05, 4.69) is 9.55 Å². The van der Waals surface area contributed by atoms with Crippen molar-refractivity contribution in [1.29, 1.82) is 0 Å². The van der Waals surface area contributed by atoms with E-state index in [1.807, 2.05) is 52.0 Å². The molecule has 1 N–H and O–H groups in total. The normalized spacial score (nSPS) is 15.7. The molecular weight excluding hydrogens is 368 g/mol. The highest BCUT2D eigenvalue weighted by atomic mass is 16.5. The number of amides is 1. The molecular formula is C22H28N4O3. The summed E-state index contributed by atoms with van der Waals surface area (Å²) in [6.45, 7) is 9.35. The van der Waals surface area contributed by atoms with Gasteiger partial charge in [0.25, 0.3) is 0 Å². The molecule has 1 aliphatic rings. The molecule has 2 heterocycles. The number of nitrogens with zero attached hydrogens (tertiary/aromatic N) is 4. The van der Waals surface area contributed by atoms with Gasteiger partial charge in [-0.2, -0.15) is 0 Å². The lowest BCUT2D eigenvalue weighted by atomic mass is 10.0. The number of pyridine rings is 1. The van der Waals surface area contributed by atoms with Crippen molar-refractivity contribution in [1.82, 2.24) is 19.4 Å². The fourth-order valence-electron chi connectivity index (χ4n) is 4.38. The lowest BCUT2D eigenvalue weighted by Gasteiger charge is -2.40. The molecule has 1 aliphatic carbocycles. The first-order valence-corrected chi connectivity index (χ1v) is 10.1. The van der Waals surface area contributed by atoms with Crippen LogP contribution in [0.2, 0.25) is 0 Å². The van der Waals surface area contributed by atoms with Crippen molar-refractivity contribution in [3.63, 3.8) is 0 Å². The maximum absolute atomic E-state index is 12.2. The SMILES string of the molecule is CCOCc1nc2cnc3ccccc3c2n1CC1(N(C(=O)O)C(C)(C)C)CC1. The lowest BCUT2D eigenvalue weighted by Crippen LogP contribution is -2.54. The van der Waals surface area contributed by atoms with Gasteiger partial charge in [0.05, 0.1) is 22.8 Å². The lowest BCUT2D eigenvalue weighted by molar-refractivity contribution is 0.0529. The van der Waals surface area contributed by atoms with Gasteiger partial charge in [0.1, 0.15) is 17.9 Å². The van der Waals surface area contributed by atoms with Crippen LogP contribution in [0.25, 0.3) is 21.9 Å². The molecule has 7 nitrogen and oxygen atoms in total. The van der Waals surface area contributed by atoms with Gasteiger partial charge in [0.2, 0.25) is 0 Å². The Labute approximate surface area is 170 Å². The Kier molecular flexibility index (Phi) is 4.73. The monoisotopic (exact) mass is 396 g/mol. The molecule has 0 spiro atoms. The number of imidazole rings is 1. The third-order valence-electron chi connectivity index (χ3n) is 5.61. The number of hydrogen-bond donors (Lipinski definition) is 1. The van der Waals surface area contributed by atoms with Crippen molar-refractivity contribution in [2.75, 3.05) is 6.61 Å². The van der Waals surface area contributed by atoms with E-state index < -0.39 is 17.2 Å². The Bertz CT molecular complexity index is 1060. The van der Waals surface area contributed by atoms with E-state index in [9.17, 15) is 9.90 Å². The van der Waals surface area contributed by atoms with E-state index in [1.165, 1.54) is 0 Å². The van der Waals surface area contributed by atoms with Crippen LogP contribution in [0.15, 0.2) is 30.5 Å². The molecule has 0 bridgehead atoms. The molecule has 7 heteroatoms. The standard InChI is InChI=1S/C22H28N4O3/c1-5-29-13-18-24-17-12-23-16-9-7-6-8-15(16)19(17)25(18)14-22(10-11-22)26(20(27)28)21(2,3)4/h6-9,12H,5,10-11,13-14H2,1-4H3,(H,27,28). The highest BCUT2D eigenvalue weighted by Crippen LogP contribution is 2.47. The van der Waals surface area contributed by atoms with Gasteiger partial charge in [-0.1, -0.05) is 18.2 Å². The number of hydrogen-bond acceptors (Lipinski definition) is 4. The van der Waals surface area contributed by atoms with Gasteiger partial charge >= 0.3 is 6.09 Å². The quantitative estimate of drug-likeness (QED) is 0.667. The Morgan fingerprint density at radius 3 is 2.62 bits per heavy atom. The van der Waals surface area contributed by atoms with Crippen molar-refractivity contribution in [2.24, 2.45) is 0 Å². The maximum Gasteiger partial charge on any atom is 0.408 e. The van der Waals surface area contributed by atoms with E-state index >= 15 is 0 Å². The van der Waals surface area contributed by atoms with Gasteiger partial charge in [0, 0.05) is 24.1 Å². The molecule has 0 radical (unpaired) electrons. The number of ether oxygens (including phenoxy) is 1. The second-order valence-electron chi connectivity index (χ2n) is 8.77. The summed E-state index contributed by atoms with van der Waals surface area (Å²) in [5, 5.41) is 11.0. The van der Waals surface area contributed by atoms with Gasteiger partial charge in [-0.25, -0.2) is 9.78 Å². The fourth-order valence-corrected chi connectivity index (χ4v) is 4.38. The highest BCUT2D eigenvalue weighted by molar-refractivity contribution is 6.02. The number of rotatable bonds is 6. The van der Waals surface area contributed by atoms with Crippen LogP contribution >= 0.6 is 0 Å². The number of para-hydroxylation sites is 1. The molecule has 0 atom stereocenters. The van der Waals surface area contributed by atoms with Crippen LogP contribution in [0, 0.1) is 0 Å². The topological polar surface area (TPSA) is 80.5 Å². The van der Waals surface area contributed by atoms with E-state index in [0.717, 1.165) is 40.6 Å². The van der Waals surface area contributed by atoms with Crippen molar-refractivity contribution >= 4 is 28.0 Å². The predicted octanol–water partition coefficient (Wildman–Crippen LogP) is 4.43. The summed E-state index contributed by atoms with van der Waals surface area (Å²) < 4.78 is 7.83. The van der Waals surface area contributed by atoms with Crippen LogP contribution in [0.3, 0.4) is 0 Å². The fraction of sp³-hybridized carbons (Fsp3) is 0.500. The zero-order chi connectivity index (χ0) is 20.8. The minimum atomic E-state index is -0.877. The van der Waals surface area contributed by atoms with Crippen LogP contribution in [0.5, 0.6) is 0 Å². The molecule has 29 heavy (non-hydrogen) atoms. The average molecular weight is 396 g/mol. The van der Waals surface area contributed by atoms with Gasteiger partial charge in [0.15, 0.2) is 0 Å². The van der Waals surface area contributed by atoms with Crippen LogP contribution in [-0.4, -0.2) is 48.3 Å². The summed E-state index contributed by atoms with van der Waals surface area (Å²) in [5.41, 5.74) is 1.80. The first-order valence-electron chi connectivity index (χ1n) is 10.1. The third-order valence-corrected chi connectivity index (χ3v) is 5.61. The Balaban J connectivity index is 1.87. The molecule has 1 fully saturated rings. The summed E-state index contributed by atoms with van der Waals surface area (Å²) in [4.78, 5) is 23.1. The van der Waals surface area contributed by atoms with Crippen LogP contribution in [-0.2, 0) is 17.9 Å². The first-order chi connectivity index (χ1) is 13.8. The Morgan fingerprint density at radius 2 is 2.00 bits per heavy atom. The zero-order valence-electron chi connectivity index (χ0n) is 17.5. The maximum atomic E-state index is 12.2. The minimum absolute atomic E-state index is 0.387. The van der Waals surface area contributed by atoms with E-state index in [-0.39, 0.29) is 0 Å². The zero-order valence-corrected chi connectivity index (χ0v) is 17.5. The van der Waals surface area contributed by atoms with Crippen LogP contribution in [0.4, 0.5) is 4.79 Å². The first kappa shape index (κ1) is 19.6. The van der Waals surface area contributed by atoms with Gasteiger partial charge in [-0.3, -0.25) is 9.88 Å². The molecule has 3 aromatic rings. The Morgan fingerprint density at radius 1 is 1.28 bits per heavy atom. The number of carbonyl (C=O) groups is 1. The molecule has 1 amide bonds. The molecule has 2 aromatic heterocycles. The largest absolute Gasteiger partial charge is 0.465 e. The number of benzene rings is 1. The summed E-state index contributed by atoms with van der Waals surface area (Å²) in [6, 6.07) is 8.00. The summed E-state index contributed by atoms with van der Waals surface area (Å²) >= 11 is 0. The van der Waals surface area contributed by atoms with Crippen molar-refractivity contribution < 1.29 is 14.6 Å². The highest BCUT2D eigenvalue weighted by Gasteiger charge is 2.54. The van der Waals surface area contributed by atoms with Gasteiger partial charge in [-0.15, -0.1) is 0 Å². The second kappa shape index (κ2) is 6.99. The number of fused-ring (bicyclic) bond motifs is 3. The average Bonchev–Trinajstić information content (AvgIpc) is 3.32. The Hall–Kier alpha value is -2.67. The predicted molar refractivity (Wildman–Crippen MR) is 112 cm³/mol. The van der Waals surface area contributed by atoms with Crippen molar-refractivity contribution in [2.45, 2.75) is 64.8 Å². The molecule has 0 saturated heterocycles. The minimum Gasteiger partial charge on any atom is -0.465 e. The molecule has 154 valence electrons. The molecule has 1 aromatic carbocycles. The van der Waals surface area contributed by atoms with E-state index in [1.54, 1.807) is 11.1 Å². The molecule has 4 rings (SSSR count). The summed E-state index contributed by atoms with van der Waals surface area (Å²) in [5.74, 6) is 0.811. The van der Waals surface area contributed by atoms with E-state index in [0.29, 0.717) is 19.8 Å². The van der Waals surface area contributed by atoms with Crippen LogP contribution < -0.4 is 0 Å². The van der Waals surface area contributed by atoms with Crippen molar-refractivity contribution in [3.05, 3.63) is 36.3 Å². The summed E-state index contributed by atoms with van der Waals surface area (Å²) in [7, 11) is 0. The molecule has 0 unspecified atom stereocenters. The number of aromatic nitrogens is 3. The van der Waals surface area contributed by atoms with E-state index in [4.69, 9.17) is 9.72 Å². The third kappa shape index (κ3) is 3.44. The van der Waals surface area contributed by atoms with Crippen molar-refractivity contribution in [3.8, 4) is 0 Å². The second-order valence-corrected chi connectivity index (χ2v) is 8.77. The van der Waals surface area contributed by atoms with Crippen LogP contribution in [0.1, 0.15) is 46.4 Å². The summed E-state index contributed by atoms with van der Waals surface area (Å²) in [6.07, 6.45) is 2.60. The van der Waals surface area contributed by atoms with Gasteiger partial charge in [-0.05, 0) is 46.6 Å². The molecule has 0 aliphatic heterocycles.